The van der Waals surface area contributed by atoms with Crippen molar-refractivity contribution in [3.8, 4) is 0 Å². The maximum Gasteiger partial charge on any atom is 0.0599 e. The largest absolute Gasteiger partial charge is 0.380 e. The molecule has 3 nitrogen and oxygen atoms in total. The van der Waals surface area contributed by atoms with Gasteiger partial charge in [-0.15, -0.1) is 0 Å². The summed E-state index contributed by atoms with van der Waals surface area (Å²) in [5.41, 5.74) is 18.5. The third-order valence-electron chi connectivity index (χ3n) is 13.5. The highest BCUT2D eigenvalue weighted by Gasteiger charge is 2.21. The first-order chi connectivity index (χ1) is 35.6. The molecule has 0 fully saturated rings. The molecule has 0 heterocycles. The second-order valence-electron chi connectivity index (χ2n) is 18.7. The number of anilines is 3. The Balaban J connectivity index is 1.39. The number of hydrogen-bond acceptors (Lipinski definition) is 3. The molecule has 0 saturated heterocycles. The van der Waals surface area contributed by atoms with Crippen molar-refractivity contribution in [2.75, 3.05) is 30.9 Å². The SMILES string of the molecule is C=C/C=C(/C/C=C(\CC)N(c1ccc(C(/C=C\Cc2cccc3ccccc23)=C/C=C)cc1)c1ccc(C(c2ccccc2C)N(C)C)cc1)C(=C)c1cccc(/C(C)=C/C=C)c1NC/C(=C/C)C/C=C\CC. The van der Waals surface area contributed by atoms with Crippen molar-refractivity contribution in [1.82, 2.24) is 4.90 Å². The van der Waals surface area contributed by atoms with Crippen LogP contribution in [0.1, 0.15) is 98.4 Å². The van der Waals surface area contributed by atoms with E-state index in [0.29, 0.717) is 6.42 Å². The van der Waals surface area contributed by atoms with E-state index in [1.807, 2.05) is 18.2 Å². The number of para-hydroxylation sites is 1. The molecule has 0 aromatic heterocycles. The molecule has 0 aliphatic rings. The molecule has 0 aliphatic heterocycles. The predicted octanol–water partition coefficient (Wildman–Crippen LogP) is 19.1. The zero-order valence-corrected chi connectivity index (χ0v) is 44.7. The van der Waals surface area contributed by atoms with Crippen LogP contribution in [0.5, 0.6) is 0 Å². The highest BCUT2D eigenvalue weighted by atomic mass is 15.1. The number of nitrogens with one attached hydrogen (secondary N) is 1. The van der Waals surface area contributed by atoms with E-state index in [-0.39, 0.29) is 6.04 Å². The smallest absolute Gasteiger partial charge is 0.0599 e. The molecule has 6 aromatic carbocycles. The molecule has 6 rings (SSSR count). The fraction of sp³-hybridized carbons (Fsp3) is 0.200. The molecule has 0 saturated carbocycles. The summed E-state index contributed by atoms with van der Waals surface area (Å²) < 4.78 is 0. The van der Waals surface area contributed by atoms with Crippen LogP contribution in [0, 0.1) is 6.92 Å². The van der Waals surface area contributed by atoms with E-state index in [4.69, 9.17) is 6.58 Å². The summed E-state index contributed by atoms with van der Waals surface area (Å²) in [5, 5.41) is 6.41. The van der Waals surface area contributed by atoms with E-state index in [1.165, 1.54) is 44.3 Å². The average molecular weight is 960 g/mol. The Bertz CT molecular complexity index is 3060. The minimum atomic E-state index is 0.113. The number of benzene rings is 6. The third kappa shape index (κ3) is 14.2. The third-order valence-corrected chi connectivity index (χ3v) is 13.5. The van der Waals surface area contributed by atoms with Gasteiger partial charge in [0.25, 0.3) is 0 Å². The van der Waals surface area contributed by atoms with Gasteiger partial charge in [-0.25, -0.2) is 0 Å². The molecule has 1 unspecified atom stereocenters. The molecule has 0 radical (unpaired) electrons. The Morgan fingerprint density at radius 1 is 0.685 bits per heavy atom. The van der Waals surface area contributed by atoms with Crippen LogP contribution in [0.3, 0.4) is 0 Å². The molecule has 0 bridgehead atoms. The Hall–Kier alpha value is -7.72. The predicted molar refractivity (Wildman–Crippen MR) is 324 cm³/mol. The quantitative estimate of drug-likeness (QED) is 0.0456. The van der Waals surface area contributed by atoms with Crippen molar-refractivity contribution in [3.05, 3.63) is 288 Å². The first-order valence-electron chi connectivity index (χ1n) is 25.9. The minimum Gasteiger partial charge on any atom is -0.380 e. The van der Waals surface area contributed by atoms with E-state index < -0.39 is 0 Å². The lowest BCUT2D eigenvalue weighted by Gasteiger charge is -2.30. The van der Waals surface area contributed by atoms with Gasteiger partial charge in [-0.2, -0.15) is 0 Å². The van der Waals surface area contributed by atoms with E-state index in [0.717, 1.165) is 88.3 Å². The molecule has 3 heteroatoms. The second kappa shape index (κ2) is 27.8. The van der Waals surface area contributed by atoms with Crippen molar-refractivity contribution >= 4 is 44.6 Å². The van der Waals surface area contributed by atoms with Gasteiger partial charge in [-0.3, -0.25) is 4.90 Å². The minimum absolute atomic E-state index is 0.113. The Kier molecular flexibility index (Phi) is 20.8. The van der Waals surface area contributed by atoms with Crippen LogP contribution in [0.15, 0.2) is 250 Å². The van der Waals surface area contributed by atoms with Crippen molar-refractivity contribution in [2.45, 2.75) is 72.8 Å². The Morgan fingerprint density at radius 2 is 1.34 bits per heavy atom. The lowest BCUT2D eigenvalue weighted by Crippen LogP contribution is -2.22. The number of aryl methyl sites for hydroxylation is 1. The topological polar surface area (TPSA) is 18.5 Å². The molecule has 372 valence electrons. The summed E-state index contributed by atoms with van der Waals surface area (Å²) >= 11 is 0. The second-order valence-corrected chi connectivity index (χ2v) is 18.7. The fourth-order valence-corrected chi connectivity index (χ4v) is 9.61. The van der Waals surface area contributed by atoms with Crippen LogP contribution in [0.25, 0.3) is 27.5 Å². The van der Waals surface area contributed by atoms with Gasteiger partial charge in [-0.1, -0.05) is 228 Å². The van der Waals surface area contributed by atoms with Gasteiger partial charge in [-0.05, 0) is 152 Å². The van der Waals surface area contributed by atoms with Gasteiger partial charge in [0, 0.05) is 40.4 Å². The molecular weight excluding hydrogens is 883 g/mol. The fourth-order valence-electron chi connectivity index (χ4n) is 9.61. The van der Waals surface area contributed by atoms with Crippen molar-refractivity contribution in [1.29, 1.82) is 0 Å². The summed E-state index contributed by atoms with van der Waals surface area (Å²) in [6.07, 6.45) is 29.7. The molecule has 0 spiro atoms. The summed E-state index contributed by atoms with van der Waals surface area (Å²) in [6.45, 7) is 28.7. The zero-order chi connectivity index (χ0) is 52.1. The summed E-state index contributed by atoms with van der Waals surface area (Å²) in [5.74, 6) is 0. The summed E-state index contributed by atoms with van der Waals surface area (Å²) in [4.78, 5) is 4.71. The first-order valence-corrected chi connectivity index (χ1v) is 25.9. The van der Waals surface area contributed by atoms with Gasteiger partial charge < -0.3 is 10.2 Å². The highest BCUT2D eigenvalue weighted by molar-refractivity contribution is 5.91. The van der Waals surface area contributed by atoms with Crippen molar-refractivity contribution in [3.63, 3.8) is 0 Å². The number of hydrogen-bond donors (Lipinski definition) is 1. The molecule has 0 aliphatic carbocycles. The zero-order valence-electron chi connectivity index (χ0n) is 44.7. The van der Waals surface area contributed by atoms with E-state index >= 15 is 0 Å². The average Bonchev–Trinajstić information content (AvgIpc) is 3.41. The highest BCUT2D eigenvalue weighted by Crippen LogP contribution is 2.39. The lowest BCUT2D eigenvalue weighted by molar-refractivity contribution is 0.341. The van der Waals surface area contributed by atoms with Crippen molar-refractivity contribution in [2.24, 2.45) is 0 Å². The van der Waals surface area contributed by atoms with Crippen LogP contribution in [0.4, 0.5) is 17.1 Å². The van der Waals surface area contributed by atoms with Gasteiger partial charge in [0.15, 0.2) is 0 Å². The molecule has 0 amide bonds. The van der Waals surface area contributed by atoms with Gasteiger partial charge in [0.05, 0.1) is 6.04 Å². The number of rotatable bonds is 25. The number of nitrogens with zero attached hydrogens (tertiary/aromatic N) is 2. The lowest BCUT2D eigenvalue weighted by atomic mass is 9.91. The summed E-state index contributed by atoms with van der Waals surface area (Å²) in [7, 11) is 4.32. The van der Waals surface area contributed by atoms with E-state index in [9.17, 15) is 0 Å². The van der Waals surface area contributed by atoms with Gasteiger partial charge in [0.2, 0.25) is 0 Å². The van der Waals surface area contributed by atoms with E-state index in [1.54, 1.807) is 0 Å². The van der Waals surface area contributed by atoms with Crippen LogP contribution >= 0.6 is 0 Å². The summed E-state index contributed by atoms with van der Waals surface area (Å²) in [6, 6.07) is 48.6. The molecular formula is C70H77N3. The van der Waals surface area contributed by atoms with Crippen LogP contribution in [-0.2, 0) is 6.42 Å². The monoisotopic (exact) mass is 960 g/mol. The van der Waals surface area contributed by atoms with Gasteiger partial charge >= 0.3 is 0 Å². The number of fused-ring (bicyclic) bond motifs is 1. The molecule has 1 N–H and O–H groups in total. The van der Waals surface area contributed by atoms with Crippen molar-refractivity contribution < 1.29 is 0 Å². The molecule has 6 aromatic rings. The Morgan fingerprint density at radius 3 is 2.01 bits per heavy atom. The molecule has 1 atom stereocenters. The number of allylic oxidation sites excluding steroid dienone is 17. The van der Waals surface area contributed by atoms with Crippen LogP contribution in [-0.4, -0.2) is 25.5 Å². The Labute approximate surface area is 439 Å². The normalized spacial score (nSPS) is 13.2. The molecule has 73 heavy (non-hydrogen) atoms. The van der Waals surface area contributed by atoms with Crippen LogP contribution < -0.4 is 10.2 Å². The van der Waals surface area contributed by atoms with E-state index in [2.05, 4.69) is 272 Å². The maximum absolute atomic E-state index is 4.80. The van der Waals surface area contributed by atoms with Gasteiger partial charge in [0.1, 0.15) is 0 Å². The van der Waals surface area contributed by atoms with Crippen LogP contribution in [0.2, 0.25) is 0 Å². The first kappa shape index (κ1) is 54.6. The standard InChI is InChI=1S/C70H77N3/c1-12-18-19-31-55(16-5)51-71-69-65(52(7)27-13-2)39-26-40-67(69)54(9)56(28-14-3)41-46-62(17-6)73(64-49-44-61(45-50-64)70(72(10)11)66-37-22-20-30-53(66)8)63-47-42-58(43-48-63)57(29-15-4)33-24-34-60-36-25-35-59-32-21-23-38-68(59)60/h13-16,18-30,32-33,35-40,42-50,70-71H,2-4,9,12,17,31,34,41,51H2,1,5-8,10-11H3/b19-18-,33-24-,52-27+,55-16+,56-28-,57-29+,62-46+. The maximum atomic E-state index is 4.80.